The van der Waals surface area contributed by atoms with E-state index in [9.17, 15) is 22.8 Å². The molecule has 3 unspecified atom stereocenters. The molecule has 2 aliphatic carbocycles. The summed E-state index contributed by atoms with van der Waals surface area (Å²) >= 11 is 0. The summed E-state index contributed by atoms with van der Waals surface area (Å²) in [7, 11) is 0. The van der Waals surface area contributed by atoms with E-state index in [2.05, 4.69) is 20.7 Å². The van der Waals surface area contributed by atoms with Gasteiger partial charge in [-0.05, 0) is 54.3 Å². The molecule has 14 heteroatoms. The Bertz CT molecular complexity index is 1360. The first-order valence-electron chi connectivity index (χ1n) is 12.7. The number of imidazole rings is 1. The van der Waals surface area contributed by atoms with Crippen LogP contribution in [-0.4, -0.2) is 60.5 Å². The molecule has 3 aromatic heterocycles. The highest BCUT2D eigenvalue weighted by Gasteiger charge is 2.47. The summed E-state index contributed by atoms with van der Waals surface area (Å²) in [5.74, 6) is 1.08. The molecular weight excluding hydrogens is 505 g/mol. The molecule has 1 saturated heterocycles. The third kappa shape index (κ3) is 4.56. The molecule has 6 rings (SSSR count). The number of carbonyl (C=O) groups excluding carboxylic acids is 2. The Morgan fingerprint density at radius 2 is 2.03 bits per heavy atom. The van der Waals surface area contributed by atoms with Gasteiger partial charge in [0.2, 0.25) is 0 Å². The number of nitrogens with one attached hydrogen (secondary N) is 2. The third-order valence-corrected chi connectivity index (χ3v) is 8.12. The Kier molecular flexibility index (Phi) is 5.99. The zero-order valence-electron chi connectivity index (χ0n) is 20.6. The van der Waals surface area contributed by atoms with Crippen molar-refractivity contribution in [3.63, 3.8) is 0 Å². The summed E-state index contributed by atoms with van der Waals surface area (Å²) in [5.41, 5.74) is 2.18. The first kappa shape index (κ1) is 24.6. The van der Waals surface area contributed by atoms with Gasteiger partial charge in [-0.3, -0.25) is 4.79 Å². The summed E-state index contributed by atoms with van der Waals surface area (Å²) in [6.45, 7) is 1.14. The van der Waals surface area contributed by atoms with Crippen LogP contribution in [0, 0.1) is 24.7 Å². The zero-order valence-corrected chi connectivity index (χ0v) is 20.6. The number of aromatic nitrogens is 5. The Balaban J connectivity index is 1.25. The fourth-order valence-electron chi connectivity index (χ4n) is 6.26. The van der Waals surface area contributed by atoms with Crippen LogP contribution in [0.15, 0.2) is 23.1 Å². The van der Waals surface area contributed by atoms with E-state index in [1.165, 1.54) is 25.5 Å². The molecule has 2 saturated carbocycles. The van der Waals surface area contributed by atoms with Crippen molar-refractivity contribution in [3.05, 3.63) is 41.1 Å². The van der Waals surface area contributed by atoms with Gasteiger partial charge in [0.05, 0.1) is 30.7 Å². The maximum Gasteiger partial charge on any atom is 0.410 e. The third-order valence-electron chi connectivity index (χ3n) is 8.12. The van der Waals surface area contributed by atoms with E-state index in [1.54, 1.807) is 23.7 Å². The van der Waals surface area contributed by atoms with Crippen molar-refractivity contribution in [2.45, 2.75) is 63.8 Å². The maximum absolute atomic E-state index is 13.1. The molecule has 4 atom stereocenters. The molecule has 0 radical (unpaired) electrons. The number of hydrogen-bond acceptors (Lipinski definition) is 7. The van der Waals surface area contributed by atoms with Crippen LogP contribution in [0.5, 0.6) is 0 Å². The minimum Gasteiger partial charge on any atom is -0.342 e. The van der Waals surface area contributed by atoms with Crippen LogP contribution >= 0.6 is 0 Å². The number of rotatable bonds is 6. The smallest absolute Gasteiger partial charge is 0.342 e. The first-order chi connectivity index (χ1) is 18.2. The molecule has 3 amide bonds. The van der Waals surface area contributed by atoms with Crippen LogP contribution in [-0.2, 0) is 6.54 Å². The van der Waals surface area contributed by atoms with Crippen molar-refractivity contribution >= 4 is 17.6 Å². The zero-order chi connectivity index (χ0) is 26.6. The second kappa shape index (κ2) is 9.24. The standard InChI is InChI=1S/C24H27F3N8O3/c1-12-20(33-38-32-12)22(36)31-21(16-6-14-3-2-4-15(14)7-16)17-10-35-19(29-17)5-13(8-28-35)9-34-11-18(24(25,26)27)30-23(34)37/h5,8,10,14-16,18,21H,2-4,6-7,9,11H2,1H3,(H,30,37)(H,31,36)/t14?,15?,16?,18-,21?/m0/s1. The molecule has 202 valence electrons. The van der Waals surface area contributed by atoms with Gasteiger partial charge < -0.3 is 15.5 Å². The number of carbonyl (C=O) groups is 2. The minimum absolute atomic E-state index is 0.0330. The van der Waals surface area contributed by atoms with E-state index in [1.807, 2.05) is 5.32 Å². The van der Waals surface area contributed by atoms with Gasteiger partial charge in [-0.1, -0.05) is 24.4 Å². The largest absolute Gasteiger partial charge is 0.410 e. The molecule has 11 nitrogen and oxygen atoms in total. The number of amides is 3. The number of urea groups is 1. The number of aryl methyl sites for hydroxylation is 1. The number of nitrogens with zero attached hydrogens (tertiary/aromatic N) is 6. The Hall–Kier alpha value is -3.71. The molecule has 0 aromatic carbocycles. The summed E-state index contributed by atoms with van der Waals surface area (Å²) in [4.78, 5) is 31.0. The average molecular weight is 533 g/mol. The van der Waals surface area contributed by atoms with Crippen LogP contribution in [0.25, 0.3) is 5.65 Å². The van der Waals surface area contributed by atoms with Gasteiger partial charge in [-0.2, -0.15) is 18.3 Å². The lowest BCUT2D eigenvalue weighted by Crippen LogP contribution is -2.40. The lowest BCUT2D eigenvalue weighted by Gasteiger charge is -2.23. The van der Waals surface area contributed by atoms with Gasteiger partial charge in [0.25, 0.3) is 5.91 Å². The van der Waals surface area contributed by atoms with Crippen molar-refractivity contribution < 1.29 is 27.4 Å². The molecule has 3 aromatic rings. The molecule has 0 spiro atoms. The van der Waals surface area contributed by atoms with E-state index < -0.39 is 30.7 Å². The quantitative estimate of drug-likeness (QED) is 0.499. The second-order valence-corrected chi connectivity index (χ2v) is 10.6. The summed E-state index contributed by atoms with van der Waals surface area (Å²) < 4.78 is 45.4. The predicted octanol–water partition coefficient (Wildman–Crippen LogP) is 3.17. The fourth-order valence-corrected chi connectivity index (χ4v) is 6.26. The van der Waals surface area contributed by atoms with Gasteiger partial charge >= 0.3 is 12.2 Å². The molecular formula is C24H27F3N8O3. The molecule has 3 aliphatic rings. The number of alkyl halides is 3. The first-order valence-corrected chi connectivity index (χ1v) is 12.7. The van der Waals surface area contributed by atoms with Gasteiger partial charge in [0.1, 0.15) is 11.7 Å². The Labute approximate surface area is 215 Å². The van der Waals surface area contributed by atoms with Crippen molar-refractivity contribution in [1.29, 1.82) is 0 Å². The highest BCUT2D eigenvalue weighted by Crippen LogP contribution is 2.50. The van der Waals surface area contributed by atoms with Crippen molar-refractivity contribution in [2.75, 3.05) is 6.54 Å². The topological polar surface area (TPSA) is 131 Å². The molecule has 2 N–H and O–H groups in total. The van der Waals surface area contributed by atoms with E-state index in [4.69, 9.17) is 9.61 Å². The van der Waals surface area contributed by atoms with E-state index in [-0.39, 0.29) is 24.2 Å². The van der Waals surface area contributed by atoms with Gasteiger partial charge in [-0.15, -0.1) is 0 Å². The highest BCUT2D eigenvalue weighted by molar-refractivity contribution is 5.93. The lowest BCUT2D eigenvalue weighted by atomic mass is 9.92. The normalized spacial score (nSPS) is 26.1. The molecule has 4 heterocycles. The van der Waals surface area contributed by atoms with Crippen molar-refractivity contribution in [3.8, 4) is 0 Å². The second-order valence-electron chi connectivity index (χ2n) is 10.6. The van der Waals surface area contributed by atoms with Crippen molar-refractivity contribution in [1.82, 2.24) is 40.4 Å². The monoisotopic (exact) mass is 532 g/mol. The van der Waals surface area contributed by atoms with Gasteiger partial charge in [0.15, 0.2) is 11.3 Å². The van der Waals surface area contributed by atoms with E-state index >= 15 is 0 Å². The molecule has 1 aliphatic heterocycles. The highest BCUT2D eigenvalue weighted by atomic mass is 19.4. The van der Waals surface area contributed by atoms with Gasteiger partial charge in [-0.25, -0.2) is 18.9 Å². The lowest BCUT2D eigenvalue weighted by molar-refractivity contribution is -0.149. The Morgan fingerprint density at radius 1 is 1.26 bits per heavy atom. The maximum atomic E-state index is 13.1. The Morgan fingerprint density at radius 3 is 2.68 bits per heavy atom. The number of halogens is 3. The fraction of sp³-hybridized carbons (Fsp3) is 0.583. The van der Waals surface area contributed by atoms with Crippen LogP contribution in [0.2, 0.25) is 0 Å². The molecule has 38 heavy (non-hydrogen) atoms. The SMILES string of the molecule is Cc1nonc1C(=O)NC(c1cn2ncc(CN3C[C@@H](C(F)(F)F)NC3=O)cc2n1)C1CC2CCCC2C1. The molecule has 3 fully saturated rings. The number of fused-ring (bicyclic) bond motifs is 2. The summed E-state index contributed by atoms with van der Waals surface area (Å²) in [5, 5.41) is 16.9. The van der Waals surface area contributed by atoms with Crippen LogP contribution in [0.4, 0.5) is 18.0 Å². The van der Waals surface area contributed by atoms with Crippen molar-refractivity contribution in [2.24, 2.45) is 17.8 Å². The minimum atomic E-state index is -4.51. The predicted molar refractivity (Wildman–Crippen MR) is 125 cm³/mol. The van der Waals surface area contributed by atoms with Gasteiger partial charge in [0, 0.05) is 6.54 Å². The average Bonchev–Trinajstić information content (AvgIpc) is 3.66. The summed E-state index contributed by atoms with van der Waals surface area (Å²) in [6.07, 6.45) is 4.36. The molecule has 0 bridgehead atoms. The van der Waals surface area contributed by atoms with E-state index in [0.29, 0.717) is 34.4 Å². The van der Waals surface area contributed by atoms with Crippen LogP contribution < -0.4 is 10.6 Å². The number of hydrogen-bond donors (Lipinski definition) is 2. The summed E-state index contributed by atoms with van der Waals surface area (Å²) in [6, 6.07) is -1.36. The van der Waals surface area contributed by atoms with E-state index in [0.717, 1.165) is 17.7 Å². The van der Waals surface area contributed by atoms with Crippen LogP contribution in [0.3, 0.4) is 0 Å². The van der Waals surface area contributed by atoms with Crippen LogP contribution in [0.1, 0.15) is 65.6 Å².